The van der Waals surface area contributed by atoms with Crippen molar-refractivity contribution in [2.45, 2.75) is 49.7 Å². The van der Waals surface area contributed by atoms with Crippen molar-refractivity contribution in [3.8, 4) is 0 Å². The molecule has 1 aromatic heterocycles. The molecule has 0 aromatic carbocycles. The fourth-order valence-corrected chi connectivity index (χ4v) is 3.93. The van der Waals surface area contributed by atoms with Gasteiger partial charge in [0.05, 0.1) is 16.9 Å². The highest BCUT2D eigenvalue weighted by Gasteiger charge is 2.14. The van der Waals surface area contributed by atoms with Gasteiger partial charge in [-0.3, -0.25) is 0 Å². The molecule has 19 heavy (non-hydrogen) atoms. The molecule has 0 amide bonds. The third kappa shape index (κ3) is 5.87. The molecule has 1 aromatic rings. The van der Waals surface area contributed by atoms with Crippen LogP contribution in [-0.4, -0.2) is 18.8 Å². The predicted molar refractivity (Wildman–Crippen MR) is 84.2 cm³/mol. The van der Waals surface area contributed by atoms with E-state index in [0.717, 1.165) is 9.96 Å². The van der Waals surface area contributed by atoms with E-state index in [0.29, 0.717) is 10.6 Å². The van der Waals surface area contributed by atoms with Gasteiger partial charge in [0, 0.05) is 0 Å². The van der Waals surface area contributed by atoms with Crippen LogP contribution in [0.2, 0.25) is 0 Å². The zero-order valence-corrected chi connectivity index (χ0v) is 13.4. The standard InChI is InChI=1S/C14H23NO2S2/c1-3-4-5-6-7-8-9-18-12-10-11(13(15)19-12)14(16)17-2/h10H,3-9,15H2,1-2H3. The Morgan fingerprint density at radius 2 is 2.00 bits per heavy atom. The first-order chi connectivity index (χ1) is 9.19. The molecule has 0 aliphatic rings. The quantitative estimate of drug-likeness (QED) is 0.412. The summed E-state index contributed by atoms with van der Waals surface area (Å²) in [5.74, 6) is 0.743. The van der Waals surface area contributed by atoms with E-state index in [1.807, 2.05) is 6.07 Å². The molecule has 0 aliphatic carbocycles. The minimum Gasteiger partial charge on any atom is -0.465 e. The third-order valence-corrected chi connectivity index (χ3v) is 5.14. The number of carbonyl (C=O) groups excluding carboxylic acids is 1. The first kappa shape index (κ1) is 16.4. The van der Waals surface area contributed by atoms with E-state index in [9.17, 15) is 4.79 Å². The smallest absolute Gasteiger partial charge is 0.340 e. The van der Waals surface area contributed by atoms with E-state index >= 15 is 0 Å². The average Bonchev–Trinajstić information content (AvgIpc) is 2.78. The summed E-state index contributed by atoms with van der Waals surface area (Å²) < 4.78 is 5.79. The lowest BCUT2D eigenvalue weighted by Crippen LogP contribution is -2.01. The zero-order chi connectivity index (χ0) is 14.1. The zero-order valence-electron chi connectivity index (χ0n) is 11.7. The molecular formula is C14H23NO2S2. The molecule has 0 radical (unpaired) electrons. The van der Waals surface area contributed by atoms with Crippen LogP contribution in [0.4, 0.5) is 5.00 Å². The number of hydrogen-bond acceptors (Lipinski definition) is 5. The highest BCUT2D eigenvalue weighted by Crippen LogP contribution is 2.33. The highest BCUT2D eigenvalue weighted by molar-refractivity contribution is 8.01. The minimum absolute atomic E-state index is 0.347. The van der Waals surface area contributed by atoms with Crippen LogP contribution in [0.15, 0.2) is 10.3 Å². The largest absolute Gasteiger partial charge is 0.465 e. The SMILES string of the molecule is CCCCCCCCSc1cc(C(=O)OC)c(N)s1. The lowest BCUT2D eigenvalue weighted by atomic mass is 10.1. The fraction of sp³-hybridized carbons (Fsp3) is 0.643. The van der Waals surface area contributed by atoms with Crippen LogP contribution >= 0.6 is 23.1 Å². The summed E-state index contributed by atoms with van der Waals surface area (Å²) in [7, 11) is 1.38. The number of ether oxygens (including phenoxy) is 1. The summed E-state index contributed by atoms with van der Waals surface area (Å²) in [5.41, 5.74) is 6.31. The van der Waals surface area contributed by atoms with Crippen LogP contribution in [-0.2, 0) is 4.74 Å². The summed E-state index contributed by atoms with van der Waals surface area (Å²) >= 11 is 3.25. The second-order valence-corrected chi connectivity index (χ2v) is 6.93. The topological polar surface area (TPSA) is 52.3 Å². The number of rotatable bonds is 9. The molecule has 0 aliphatic heterocycles. The molecule has 1 heterocycles. The van der Waals surface area contributed by atoms with E-state index in [1.165, 1.54) is 57.0 Å². The van der Waals surface area contributed by atoms with Crippen molar-refractivity contribution in [2.24, 2.45) is 0 Å². The molecule has 0 spiro atoms. The van der Waals surface area contributed by atoms with E-state index in [1.54, 1.807) is 11.8 Å². The molecule has 108 valence electrons. The van der Waals surface area contributed by atoms with E-state index in [2.05, 4.69) is 11.7 Å². The third-order valence-electron chi connectivity index (χ3n) is 2.89. The Balaban J connectivity index is 2.25. The average molecular weight is 301 g/mol. The number of unbranched alkanes of at least 4 members (excludes halogenated alkanes) is 5. The maximum absolute atomic E-state index is 11.4. The van der Waals surface area contributed by atoms with Crippen molar-refractivity contribution in [3.05, 3.63) is 11.6 Å². The van der Waals surface area contributed by atoms with Crippen molar-refractivity contribution < 1.29 is 9.53 Å². The Bertz CT molecular complexity index is 391. The molecule has 1 rings (SSSR count). The maximum atomic E-state index is 11.4. The predicted octanol–water partition coefficient (Wildman–Crippen LogP) is 4.57. The monoisotopic (exact) mass is 301 g/mol. The Morgan fingerprint density at radius 1 is 1.32 bits per heavy atom. The van der Waals surface area contributed by atoms with Gasteiger partial charge in [-0.1, -0.05) is 39.0 Å². The summed E-state index contributed by atoms with van der Waals surface area (Å²) in [4.78, 5) is 11.4. The number of thioether (sulfide) groups is 1. The van der Waals surface area contributed by atoms with Crippen LogP contribution in [0.5, 0.6) is 0 Å². The van der Waals surface area contributed by atoms with Crippen LogP contribution in [0.1, 0.15) is 55.8 Å². The van der Waals surface area contributed by atoms with Crippen LogP contribution in [0.25, 0.3) is 0 Å². The molecule has 5 heteroatoms. The summed E-state index contributed by atoms with van der Waals surface area (Å²) in [6, 6.07) is 1.84. The first-order valence-corrected chi connectivity index (χ1v) is 8.59. The lowest BCUT2D eigenvalue weighted by molar-refractivity contribution is 0.0602. The van der Waals surface area contributed by atoms with Gasteiger partial charge in [0.2, 0.25) is 0 Å². The second-order valence-electron chi connectivity index (χ2n) is 4.45. The Hall–Kier alpha value is -0.680. The lowest BCUT2D eigenvalue weighted by Gasteiger charge is -1.99. The highest BCUT2D eigenvalue weighted by atomic mass is 32.2. The first-order valence-electron chi connectivity index (χ1n) is 6.79. The molecule has 0 saturated heterocycles. The molecule has 0 bridgehead atoms. The van der Waals surface area contributed by atoms with Gasteiger partial charge in [0.15, 0.2) is 0 Å². The van der Waals surface area contributed by atoms with Gasteiger partial charge in [-0.15, -0.1) is 23.1 Å². The number of hydrogen-bond donors (Lipinski definition) is 1. The van der Waals surface area contributed by atoms with Gasteiger partial charge < -0.3 is 10.5 Å². The molecule has 0 unspecified atom stereocenters. The van der Waals surface area contributed by atoms with E-state index < -0.39 is 0 Å². The Kier molecular flexibility index (Phi) is 7.98. The summed E-state index contributed by atoms with van der Waals surface area (Å²) in [6.45, 7) is 2.23. The Labute approximate surface area is 123 Å². The van der Waals surface area contributed by atoms with Gasteiger partial charge in [-0.25, -0.2) is 4.79 Å². The number of anilines is 1. The number of carbonyl (C=O) groups is 1. The minimum atomic E-state index is -0.347. The van der Waals surface area contributed by atoms with Crippen molar-refractivity contribution >= 4 is 34.1 Å². The fourth-order valence-electron chi connectivity index (χ4n) is 1.78. The Morgan fingerprint density at radius 3 is 2.68 bits per heavy atom. The number of esters is 1. The van der Waals surface area contributed by atoms with E-state index in [4.69, 9.17) is 5.73 Å². The normalized spacial score (nSPS) is 10.6. The van der Waals surface area contributed by atoms with Crippen LogP contribution < -0.4 is 5.73 Å². The van der Waals surface area contributed by atoms with Gasteiger partial charge in [-0.05, 0) is 18.2 Å². The van der Waals surface area contributed by atoms with Gasteiger partial charge in [0.1, 0.15) is 5.00 Å². The van der Waals surface area contributed by atoms with E-state index in [-0.39, 0.29) is 5.97 Å². The number of nitrogens with two attached hydrogens (primary N) is 1. The maximum Gasteiger partial charge on any atom is 0.340 e. The molecule has 2 N–H and O–H groups in total. The molecule has 0 atom stereocenters. The van der Waals surface area contributed by atoms with Crippen molar-refractivity contribution in [2.75, 3.05) is 18.6 Å². The van der Waals surface area contributed by atoms with Crippen molar-refractivity contribution in [1.82, 2.24) is 0 Å². The van der Waals surface area contributed by atoms with Gasteiger partial charge in [-0.2, -0.15) is 0 Å². The van der Waals surface area contributed by atoms with Crippen molar-refractivity contribution in [1.29, 1.82) is 0 Å². The molecular weight excluding hydrogens is 278 g/mol. The molecule has 3 nitrogen and oxygen atoms in total. The van der Waals surface area contributed by atoms with Crippen LogP contribution in [0.3, 0.4) is 0 Å². The molecule has 0 saturated carbocycles. The van der Waals surface area contributed by atoms with Crippen molar-refractivity contribution in [3.63, 3.8) is 0 Å². The van der Waals surface area contributed by atoms with Gasteiger partial charge >= 0.3 is 5.97 Å². The molecule has 0 fully saturated rings. The summed E-state index contributed by atoms with van der Waals surface area (Å²) in [6.07, 6.45) is 7.82. The second kappa shape index (κ2) is 9.26. The van der Waals surface area contributed by atoms with Gasteiger partial charge in [0.25, 0.3) is 0 Å². The number of nitrogen functional groups attached to an aromatic ring is 1. The number of methoxy groups -OCH3 is 1. The number of thiophene rings is 1. The summed E-state index contributed by atoms with van der Waals surface area (Å²) in [5, 5.41) is 0.553. The van der Waals surface area contributed by atoms with Crippen LogP contribution in [0, 0.1) is 0 Å².